The highest BCUT2D eigenvalue weighted by molar-refractivity contribution is 9.10. The molecule has 3 aromatic rings. The van der Waals surface area contributed by atoms with Crippen LogP contribution in [0, 0.1) is 6.92 Å². The normalized spacial score (nSPS) is 14.3. The van der Waals surface area contributed by atoms with Crippen LogP contribution in [0.4, 0.5) is 17.1 Å². The number of anilines is 3. The largest absolute Gasteiger partial charge is 0.478 e. The fourth-order valence-electron chi connectivity index (χ4n) is 3.41. The van der Waals surface area contributed by atoms with E-state index in [1.807, 2.05) is 55.2 Å². The lowest BCUT2D eigenvalue weighted by molar-refractivity contribution is 0.0698. The predicted molar refractivity (Wildman–Crippen MR) is 120 cm³/mol. The molecular formula is C21H20BrN3O2S. The summed E-state index contributed by atoms with van der Waals surface area (Å²) in [7, 11) is 0. The summed E-state index contributed by atoms with van der Waals surface area (Å²) in [4.78, 5) is 18.8. The van der Waals surface area contributed by atoms with Crippen molar-refractivity contribution in [1.29, 1.82) is 0 Å². The summed E-state index contributed by atoms with van der Waals surface area (Å²) >= 11 is 5.50. The number of pyridine rings is 1. The summed E-state index contributed by atoms with van der Waals surface area (Å²) in [6.07, 6.45) is 1.89. The van der Waals surface area contributed by atoms with E-state index in [2.05, 4.69) is 31.1 Å². The minimum atomic E-state index is -0.943. The van der Waals surface area contributed by atoms with E-state index < -0.39 is 5.97 Å². The maximum absolute atomic E-state index is 11.8. The number of aryl methyl sites for hydroxylation is 1. The topological polar surface area (TPSA) is 65.5 Å². The van der Waals surface area contributed by atoms with Gasteiger partial charge in [0, 0.05) is 34.5 Å². The van der Waals surface area contributed by atoms with Gasteiger partial charge in [0.1, 0.15) is 0 Å². The van der Waals surface area contributed by atoms with E-state index in [4.69, 9.17) is 0 Å². The molecule has 1 aliphatic heterocycles. The van der Waals surface area contributed by atoms with Gasteiger partial charge in [-0.3, -0.25) is 4.98 Å². The molecule has 1 fully saturated rings. The molecule has 1 aromatic heterocycles. The molecular weight excluding hydrogens is 438 g/mol. The Kier molecular flexibility index (Phi) is 5.46. The highest BCUT2D eigenvalue weighted by atomic mass is 79.9. The SMILES string of the molecule is Cc1ccc(Nc2c(N3CCSCC3)cnc3ccc(Br)cc23)c(C(=O)O)c1. The molecule has 0 bridgehead atoms. The zero-order valence-electron chi connectivity index (χ0n) is 15.4. The second-order valence-electron chi connectivity index (χ2n) is 6.76. The van der Waals surface area contributed by atoms with Gasteiger partial charge in [0.15, 0.2) is 0 Å². The molecule has 0 atom stereocenters. The molecule has 0 spiro atoms. The minimum absolute atomic E-state index is 0.264. The molecule has 0 saturated carbocycles. The van der Waals surface area contributed by atoms with E-state index in [-0.39, 0.29) is 5.56 Å². The number of aromatic carboxylic acids is 1. The third-order valence-electron chi connectivity index (χ3n) is 4.83. The first-order chi connectivity index (χ1) is 13.5. The summed E-state index contributed by atoms with van der Waals surface area (Å²) in [5.41, 5.74) is 4.52. The standard InChI is InChI=1S/C21H20BrN3O2S/c1-13-2-4-18(16(10-13)21(26)27)24-20-15-11-14(22)3-5-17(15)23-12-19(20)25-6-8-28-9-7-25/h2-5,10-12H,6-9H2,1H3,(H,23,24)(H,26,27). The van der Waals surface area contributed by atoms with Crippen LogP contribution in [-0.4, -0.2) is 40.7 Å². The number of nitrogens with one attached hydrogen (secondary N) is 1. The van der Waals surface area contributed by atoms with Crippen molar-refractivity contribution < 1.29 is 9.90 Å². The summed E-state index contributed by atoms with van der Waals surface area (Å²) in [5.74, 6) is 1.20. The van der Waals surface area contributed by atoms with Crippen molar-refractivity contribution in [3.05, 3.63) is 58.2 Å². The fraction of sp³-hybridized carbons (Fsp3) is 0.238. The van der Waals surface area contributed by atoms with E-state index in [0.717, 1.165) is 56.9 Å². The van der Waals surface area contributed by atoms with E-state index in [9.17, 15) is 9.90 Å². The number of rotatable bonds is 4. The number of thioether (sulfide) groups is 1. The highest BCUT2D eigenvalue weighted by Crippen LogP contribution is 2.38. The minimum Gasteiger partial charge on any atom is -0.478 e. The molecule has 0 aliphatic carbocycles. The van der Waals surface area contributed by atoms with Crippen LogP contribution in [0.25, 0.3) is 10.9 Å². The van der Waals surface area contributed by atoms with Crippen molar-refractivity contribution in [2.75, 3.05) is 34.8 Å². The Morgan fingerprint density at radius 1 is 1.21 bits per heavy atom. The molecule has 7 heteroatoms. The molecule has 0 radical (unpaired) electrons. The van der Waals surface area contributed by atoms with Gasteiger partial charge in [-0.2, -0.15) is 11.8 Å². The van der Waals surface area contributed by atoms with Crippen molar-refractivity contribution in [1.82, 2.24) is 4.98 Å². The summed E-state index contributed by atoms with van der Waals surface area (Å²) in [6.45, 7) is 3.78. The van der Waals surface area contributed by atoms with Gasteiger partial charge >= 0.3 is 5.97 Å². The molecule has 2 aromatic carbocycles. The van der Waals surface area contributed by atoms with E-state index >= 15 is 0 Å². The molecule has 144 valence electrons. The van der Waals surface area contributed by atoms with Crippen LogP contribution in [-0.2, 0) is 0 Å². The Morgan fingerprint density at radius 2 is 2.00 bits per heavy atom. The second kappa shape index (κ2) is 8.01. The number of hydrogen-bond acceptors (Lipinski definition) is 5. The number of carbonyl (C=O) groups is 1. The van der Waals surface area contributed by atoms with E-state index in [0.29, 0.717) is 5.69 Å². The third kappa shape index (κ3) is 3.82. The summed E-state index contributed by atoms with van der Waals surface area (Å²) in [6, 6.07) is 11.4. The number of benzene rings is 2. The van der Waals surface area contributed by atoms with Gasteiger partial charge in [-0.15, -0.1) is 0 Å². The first-order valence-corrected chi connectivity index (χ1v) is 11.0. The second-order valence-corrected chi connectivity index (χ2v) is 8.90. The number of nitrogens with zero attached hydrogens (tertiary/aromatic N) is 2. The molecule has 0 unspecified atom stereocenters. The van der Waals surface area contributed by atoms with Gasteiger partial charge in [-0.05, 0) is 37.3 Å². The van der Waals surface area contributed by atoms with Crippen molar-refractivity contribution in [3.8, 4) is 0 Å². The molecule has 28 heavy (non-hydrogen) atoms. The molecule has 4 rings (SSSR count). The molecule has 2 heterocycles. The van der Waals surface area contributed by atoms with Crippen molar-refractivity contribution in [3.63, 3.8) is 0 Å². The van der Waals surface area contributed by atoms with Crippen LogP contribution >= 0.6 is 27.7 Å². The summed E-state index contributed by atoms with van der Waals surface area (Å²) < 4.78 is 0.957. The van der Waals surface area contributed by atoms with Gasteiger partial charge in [0.2, 0.25) is 0 Å². The predicted octanol–water partition coefficient (Wildman–Crippen LogP) is 5.30. The molecule has 1 aliphatic rings. The lowest BCUT2D eigenvalue weighted by Gasteiger charge is -2.31. The van der Waals surface area contributed by atoms with Gasteiger partial charge in [-0.25, -0.2) is 4.79 Å². The number of carboxylic acids is 1. The van der Waals surface area contributed by atoms with Crippen LogP contribution in [0.1, 0.15) is 15.9 Å². The lowest BCUT2D eigenvalue weighted by Crippen LogP contribution is -2.33. The number of carboxylic acid groups (broad SMARTS) is 1. The van der Waals surface area contributed by atoms with Gasteiger partial charge < -0.3 is 15.3 Å². The van der Waals surface area contributed by atoms with Crippen LogP contribution in [0.5, 0.6) is 0 Å². The number of aromatic nitrogens is 1. The monoisotopic (exact) mass is 457 g/mol. The van der Waals surface area contributed by atoms with Crippen LogP contribution in [0.3, 0.4) is 0 Å². The number of hydrogen-bond donors (Lipinski definition) is 2. The molecule has 0 amide bonds. The van der Waals surface area contributed by atoms with Gasteiger partial charge in [0.05, 0.1) is 34.3 Å². The average molecular weight is 458 g/mol. The Bertz CT molecular complexity index is 1050. The smallest absolute Gasteiger partial charge is 0.337 e. The average Bonchev–Trinajstić information content (AvgIpc) is 2.70. The number of halogens is 1. The maximum Gasteiger partial charge on any atom is 0.337 e. The lowest BCUT2D eigenvalue weighted by atomic mass is 10.1. The van der Waals surface area contributed by atoms with E-state index in [1.165, 1.54) is 0 Å². The Morgan fingerprint density at radius 3 is 2.75 bits per heavy atom. The molecule has 2 N–H and O–H groups in total. The Labute approximate surface area is 176 Å². The Hall–Kier alpha value is -2.25. The zero-order chi connectivity index (χ0) is 19.7. The zero-order valence-corrected chi connectivity index (χ0v) is 17.8. The van der Waals surface area contributed by atoms with Crippen LogP contribution in [0.15, 0.2) is 47.1 Å². The van der Waals surface area contributed by atoms with Crippen LogP contribution in [0.2, 0.25) is 0 Å². The quantitative estimate of drug-likeness (QED) is 0.553. The summed E-state index contributed by atoms with van der Waals surface area (Å²) in [5, 5.41) is 14.1. The first kappa shape index (κ1) is 19.1. The van der Waals surface area contributed by atoms with Crippen LogP contribution < -0.4 is 10.2 Å². The number of fused-ring (bicyclic) bond motifs is 1. The van der Waals surface area contributed by atoms with Gasteiger partial charge in [0.25, 0.3) is 0 Å². The van der Waals surface area contributed by atoms with Crippen molar-refractivity contribution >= 4 is 61.6 Å². The highest BCUT2D eigenvalue weighted by Gasteiger charge is 2.20. The Balaban J connectivity index is 1.88. The molecule has 5 nitrogen and oxygen atoms in total. The van der Waals surface area contributed by atoms with E-state index in [1.54, 1.807) is 6.07 Å². The third-order valence-corrected chi connectivity index (χ3v) is 6.26. The molecule has 1 saturated heterocycles. The maximum atomic E-state index is 11.8. The fourth-order valence-corrected chi connectivity index (χ4v) is 4.67. The van der Waals surface area contributed by atoms with Crippen molar-refractivity contribution in [2.45, 2.75) is 6.92 Å². The van der Waals surface area contributed by atoms with Gasteiger partial charge in [-0.1, -0.05) is 27.6 Å². The first-order valence-electron chi connectivity index (χ1n) is 9.05. The van der Waals surface area contributed by atoms with Crippen molar-refractivity contribution in [2.24, 2.45) is 0 Å².